The van der Waals surface area contributed by atoms with Gasteiger partial charge in [-0.25, -0.2) is 0 Å². The monoisotopic (exact) mass is 257 g/mol. The molecule has 2 aromatic heterocycles. The van der Waals surface area contributed by atoms with Crippen molar-refractivity contribution in [1.29, 1.82) is 0 Å². The molecule has 19 heavy (non-hydrogen) atoms. The van der Waals surface area contributed by atoms with Gasteiger partial charge in [-0.1, -0.05) is 0 Å². The van der Waals surface area contributed by atoms with Crippen LogP contribution in [0.15, 0.2) is 30.7 Å². The summed E-state index contributed by atoms with van der Waals surface area (Å²) in [6.45, 7) is 2.20. The number of nitrogens with one attached hydrogen (secondary N) is 2. The molecule has 0 bridgehead atoms. The number of anilines is 1. The fourth-order valence-corrected chi connectivity index (χ4v) is 3.24. The van der Waals surface area contributed by atoms with Gasteiger partial charge in [-0.2, -0.15) is 0 Å². The van der Waals surface area contributed by atoms with Crippen LogP contribution in [0.1, 0.15) is 16.1 Å². The number of nitrogens with zero attached hydrogens (tertiary/aromatic N) is 2. The highest BCUT2D eigenvalue weighted by atomic mass is 16.2. The molecule has 4 heterocycles. The summed E-state index contributed by atoms with van der Waals surface area (Å²) in [5.41, 5.74) is 7.75. The van der Waals surface area contributed by atoms with E-state index in [-0.39, 0.29) is 5.91 Å². The highest BCUT2D eigenvalue weighted by molar-refractivity contribution is 5.95. The Balaban J connectivity index is 1.90. The Morgan fingerprint density at radius 3 is 3.11 bits per heavy atom. The number of fused-ring (bicyclic) bond motifs is 2. The molecule has 0 spiro atoms. The van der Waals surface area contributed by atoms with Crippen molar-refractivity contribution in [3.8, 4) is 0 Å². The van der Waals surface area contributed by atoms with Crippen molar-refractivity contribution >= 4 is 11.6 Å². The van der Waals surface area contributed by atoms with Gasteiger partial charge in [0.25, 0.3) is 5.91 Å². The van der Waals surface area contributed by atoms with Gasteiger partial charge in [-0.05, 0) is 12.1 Å². The molecule has 0 aliphatic carbocycles. The molecule has 1 fully saturated rings. The second kappa shape index (κ2) is 3.42. The molecule has 0 aromatic carbocycles. The lowest BCUT2D eigenvalue weighted by molar-refractivity contribution is 0.0398. The molecular formula is C13H15N5O. The Labute approximate surface area is 110 Å². The highest BCUT2D eigenvalue weighted by Gasteiger charge is 2.49. The van der Waals surface area contributed by atoms with Gasteiger partial charge < -0.3 is 20.2 Å². The molecule has 4 rings (SSSR count). The van der Waals surface area contributed by atoms with E-state index in [9.17, 15) is 4.79 Å². The van der Waals surface area contributed by atoms with Crippen LogP contribution >= 0.6 is 0 Å². The minimum absolute atomic E-state index is 0.0363. The number of aromatic nitrogens is 2. The largest absolute Gasteiger partial charge is 0.397 e. The first kappa shape index (κ1) is 10.7. The van der Waals surface area contributed by atoms with Crippen LogP contribution in [-0.4, -0.2) is 33.4 Å². The normalized spacial score (nSPS) is 25.5. The zero-order valence-corrected chi connectivity index (χ0v) is 10.4. The van der Waals surface area contributed by atoms with Gasteiger partial charge in [0.05, 0.1) is 12.2 Å². The Hall–Kier alpha value is -2.21. The number of hydrogen-bond acceptors (Lipinski definition) is 3. The predicted molar refractivity (Wildman–Crippen MR) is 70.4 cm³/mol. The standard InChI is InChI=1S/C13H15N5O/c14-10-5-11-12(19)18-4-3-16-13(18,8-17(11)7-10)9-1-2-15-6-9/h1-2,5-7,15-16H,3-4,8,14H2. The third kappa shape index (κ3) is 1.26. The number of rotatable bonds is 1. The summed E-state index contributed by atoms with van der Waals surface area (Å²) in [5, 5.41) is 3.48. The van der Waals surface area contributed by atoms with Crippen molar-refractivity contribution in [2.75, 3.05) is 18.8 Å². The molecule has 6 heteroatoms. The molecule has 1 atom stereocenters. The topological polar surface area (TPSA) is 79.1 Å². The van der Waals surface area contributed by atoms with Crippen molar-refractivity contribution < 1.29 is 4.79 Å². The Bertz CT molecular complexity index is 644. The quantitative estimate of drug-likeness (QED) is 0.688. The van der Waals surface area contributed by atoms with Crippen molar-refractivity contribution in [2.24, 2.45) is 0 Å². The molecule has 4 N–H and O–H groups in total. The lowest BCUT2D eigenvalue weighted by atomic mass is 9.99. The number of hydrogen-bond donors (Lipinski definition) is 3. The zero-order chi connectivity index (χ0) is 13.0. The second-order valence-electron chi connectivity index (χ2n) is 5.13. The maximum atomic E-state index is 12.6. The molecule has 0 radical (unpaired) electrons. The van der Waals surface area contributed by atoms with Gasteiger partial charge >= 0.3 is 0 Å². The van der Waals surface area contributed by atoms with Gasteiger partial charge in [-0.3, -0.25) is 10.1 Å². The van der Waals surface area contributed by atoms with Crippen molar-refractivity contribution in [2.45, 2.75) is 12.2 Å². The molecule has 98 valence electrons. The Kier molecular flexibility index (Phi) is 1.92. The van der Waals surface area contributed by atoms with Gasteiger partial charge in [0.2, 0.25) is 0 Å². The van der Waals surface area contributed by atoms with Crippen LogP contribution in [0.25, 0.3) is 0 Å². The predicted octanol–water partition coefficient (Wildman–Crippen LogP) is 0.310. The van der Waals surface area contributed by atoms with Crippen LogP contribution in [0.3, 0.4) is 0 Å². The fourth-order valence-electron chi connectivity index (χ4n) is 3.24. The smallest absolute Gasteiger partial charge is 0.272 e. The molecule has 2 aromatic rings. The first-order chi connectivity index (χ1) is 9.21. The summed E-state index contributed by atoms with van der Waals surface area (Å²) < 4.78 is 1.94. The molecular weight excluding hydrogens is 242 g/mol. The van der Waals surface area contributed by atoms with E-state index >= 15 is 0 Å². The summed E-state index contributed by atoms with van der Waals surface area (Å²) in [4.78, 5) is 17.6. The number of H-pyrrole nitrogens is 1. The number of carbonyl (C=O) groups excluding carboxylic acids is 1. The van der Waals surface area contributed by atoms with Crippen LogP contribution in [0, 0.1) is 0 Å². The van der Waals surface area contributed by atoms with E-state index in [0.717, 1.165) is 18.7 Å². The van der Waals surface area contributed by atoms with Gasteiger partial charge in [0.15, 0.2) is 0 Å². The zero-order valence-electron chi connectivity index (χ0n) is 10.4. The van der Waals surface area contributed by atoms with Crippen LogP contribution in [-0.2, 0) is 12.2 Å². The van der Waals surface area contributed by atoms with Crippen LogP contribution in [0.2, 0.25) is 0 Å². The minimum Gasteiger partial charge on any atom is -0.397 e. The lowest BCUT2D eigenvalue weighted by Gasteiger charge is -2.42. The summed E-state index contributed by atoms with van der Waals surface area (Å²) in [5.74, 6) is 0.0363. The SMILES string of the molecule is Nc1cc2n(c1)CC1(c3cc[nH]c3)NCCN1C2=O. The number of aromatic amines is 1. The average molecular weight is 257 g/mol. The van der Waals surface area contributed by atoms with Crippen LogP contribution in [0.5, 0.6) is 0 Å². The average Bonchev–Trinajstić information content (AvgIpc) is 3.06. The van der Waals surface area contributed by atoms with E-state index < -0.39 is 5.66 Å². The van der Waals surface area contributed by atoms with Gasteiger partial charge in [0, 0.05) is 37.2 Å². The lowest BCUT2D eigenvalue weighted by Crippen LogP contribution is -2.57. The van der Waals surface area contributed by atoms with E-state index in [2.05, 4.69) is 10.3 Å². The van der Waals surface area contributed by atoms with E-state index in [0.29, 0.717) is 17.9 Å². The number of nitrogens with two attached hydrogens (primary N) is 1. The first-order valence-corrected chi connectivity index (χ1v) is 6.37. The minimum atomic E-state index is -0.449. The van der Waals surface area contributed by atoms with Crippen molar-refractivity contribution in [3.63, 3.8) is 0 Å². The fraction of sp³-hybridized carbons (Fsp3) is 0.308. The molecule has 6 nitrogen and oxygen atoms in total. The van der Waals surface area contributed by atoms with E-state index in [4.69, 9.17) is 5.73 Å². The van der Waals surface area contributed by atoms with E-state index in [1.165, 1.54) is 0 Å². The maximum Gasteiger partial charge on any atom is 0.272 e. The van der Waals surface area contributed by atoms with Crippen LogP contribution in [0.4, 0.5) is 5.69 Å². The number of carbonyl (C=O) groups is 1. The number of nitrogen functional groups attached to an aromatic ring is 1. The van der Waals surface area contributed by atoms with Crippen molar-refractivity contribution in [3.05, 3.63) is 42.0 Å². The molecule has 1 amide bonds. The molecule has 1 saturated heterocycles. The second-order valence-corrected chi connectivity index (χ2v) is 5.13. The third-order valence-corrected chi connectivity index (χ3v) is 4.07. The maximum absolute atomic E-state index is 12.6. The van der Waals surface area contributed by atoms with Gasteiger partial charge in [-0.15, -0.1) is 0 Å². The first-order valence-electron chi connectivity index (χ1n) is 6.37. The third-order valence-electron chi connectivity index (χ3n) is 4.07. The summed E-state index contributed by atoms with van der Waals surface area (Å²) >= 11 is 0. The molecule has 0 saturated carbocycles. The van der Waals surface area contributed by atoms with Crippen LogP contribution < -0.4 is 11.1 Å². The molecule has 2 aliphatic rings. The molecule has 1 unspecified atom stereocenters. The van der Waals surface area contributed by atoms with Crippen molar-refractivity contribution in [1.82, 2.24) is 19.8 Å². The van der Waals surface area contributed by atoms with E-state index in [1.807, 2.05) is 34.1 Å². The summed E-state index contributed by atoms with van der Waals surface area (Å²) in [7, 11) is 0. The Morgan fingerprint density at radius 2 is 2.32 bits per heavy atom. The summed E-state index contributed by atoms with van der Waals surface area (Å²) in [6, 6.07) is 3.76. The summed E-state index contributed by atoms with van der Waals surface area (Å²) in [6.07, 6.45) is 5.65. The Morgan fingerprint density at radius 1 is 1.42 bits per heavy atom. The number of amides is 1. The van der Waals surface area contributed by atoms with Gasteiger partial charge in [0.1, 0.15) is 11.4 Å². The highest BCUT2D eigenvalue weighted by Crippen LogP contribution is 2.37. The van der Waals surface area contributed by atoms with E-state index in [1.54, 1.807) is 6.07 Å². The molecule has 2 aliphatic heterocycles.